The number of carboxylic acids is 1. The van der Waals surface area contributed by atoms with Gasteiger partial charge in [-0.1, -0.05) is 6.07 Å². The van der Waals surface area contributed by atoms with Gasteiger partial charge >= 0.3 is 5.97 Å². The molecule has 0 aromatic heterocycles. The van der Waals surface area contributed by atoms with Crippen LogP contribution in [-0.2, 0) is 16.0 Å². The van der Waals surface area contributed by atoms with Gasteiger partial charge in [-0.3, -0.25) is 14.4 Å². The van der Waals surface area contributed by atoms with Crippen molar-refractivity contribution in [1.29, 1.82) is 0 Å². The Bertz CT molecular complexity index is 1220. The number of ether oxygens (including phenoxy) is 3. The van der Waals surface area contributed by atoms with Crippen molar-refractivity contribution in [2.24, 2.45) is 5.73 Å². The topological polar surface area (TPSA) is 149 Å². The molecule has 10 nitrogen and oxygen atoms in total. The Morgan fingerprint density at radius 2 is 1.84 bits per heavy atom. The van der Waals surface area contributed by atoms with Crippen LogP contribution in [0, 0.1) is 0 Å². The van der Waals surface area contributed by atoms with E-state index in [0.717, 1.165) is 16.7 Å². The van der Waals surface area contributed by atoms with Gasteiger partial charge in [-0.15, -0.1) is 0 Å². The molecule has 5 N–H and O–H groups in total. The number of fused-ring (bicyclic) bond motifs is 3. The van der Waals surface area contributed by atoms with E-state index >= 15 is 0 Å². The smallest absolute Gasteiger partial charge is 0.320 e. The fourth-order valence-corrected chi connectivity index (χ4v) is 4.69. The second kappa shape index (κ2) is 12.4. The fraction of sp³-hybridized carbons (Fsp3) is 0.444. The minimum atomic E-state index is -1.02. The second-order valence-electron chi connectivity index (χ2n) is 8.96. The summed E-state index contributed by atoms with van der Waals surface area (Å²) in [6, 6.07) is 5.77. The lowest BCUT2D eigenvalue weighted by molar-refractivity contribution is -0.138. The second-order valence-corrected chi connectivity index (χ2v) is 8.96. The Labute approximate surface area is 216 Å². The van der Waals surface area contributed by atoms with Gasteiger partial charge in [0.1, 0.15) is 6.04 Å². The number of aliphatic carboxylic acids is 1. The van der Waals surface area contributed by atoms with Gasteiger partial charge in [0.05, 0.1) is 33.1 Å². The molecule has 37 heavy (non-hydrogen) atoms. The molecule has 0 bridgehead atoms. The van der Waals surface area contributed by atoms with Crippen molar-refractivity contribution < 1.29 is 28.9 Å². The number of nitrogens with one attached hydrogen (secondary N) is 2. The molecular weight excluding hydrogens is 478 g/mol. The molecule has 10 heteroatoms. The van der Waals surface area contributed by atoms with Crippen LogP contribution in [-0.4, -0.2) is 50.9 Å². The molecule has 3 rings (SSSR count). The monoisotopic (exact) mass is 513 g/mol. The van der Waals surface area contributed by atoms with E-state index in [1.165, 1.54) is 14.0 Å². The fourth-order valence-electron chi connectivity index (χ4n) is 4.69. The van der Waals surface area contributed by atoms with Crippen LogP contribution in [0.1, 0.15) is 49.8 Å². The average Bonchev–Trinajstić information content (AvgIpc) is 3.11. The zero-order chi connectivity index (χ0) is 27.1. The summed E-state index contributed by atoms with van der Waals surface area (Å²) in [5.41, 5.74) is 8.91. The number of hydrogen-bond acceptors (Lipinski definition) is 8. The van der Waals surface area contributed by atoms with Crippen molar-refractivity contribution in [2.45, 2.75) is 51.1 Å². The molecule has 1 aliphatic carbocycles. The summed E-state index contributed by atoms with van der Waals surface area (Å²) in [6.07, 6.45) is 2.82. The Hall–Kier alpha value is -3.79. The third kappa shape index (κ3) is 6.32. The first kappa shape index (κ1) is 27.8. The van der Waals surface area contributed by atoms with Crippen LogP contribution in [0.3, 0.4) is 0 Å². The third-order valence-corrected chi connectivity index (χ3v) is 6.49. The molecule has 0 spiro atoms. The summed E-state index contributed by atoms with van der Waals surface area (Å²) in [4.78, 5) is 36.2. The number of methoxy groups -OCH3 is 3. The van der Waals surface area contributed by atoms with Crippen LogP contribution in [0.25, 0.3) is 11.1 Å². The Morgan fingerprint density at radius 3 is 2.46 bits per heavy atom. The molecule has 2 aromatic rings. The van der Waals surface area contributed by atoms with E-state index in [4.69, 9.17) is 25.1 Å². The van der Waals surface area contributed by atoms with Gasteiger partial charge in [-0.2, -0.15) is 0 Å². The van der Waals surface area contributed by atoms with Crippen LogP contribution in [0.15, 0.2) is 29.1 Å². The lowest BCUT2D eigenvalue weighted by Crippen LogP contribution is -2.29. The van der Waals surface area contributed by atoms with Crippen LogP contribution in [0.4, 0.5) is 5.69 Å². The van der Waals surface area contributed by atoms with Crippen molar-refractivity contribution in [2.75, 3.05) is 33.2 Å². The van der Waals surface area contributed by atoms with Crippen LogP contribution in [0.5, 0.6) is 17.2 Å². The standard InChI is InChI=1S/C27H35N3O7/c1-15(31)30-20-10-8-16-13-23(35-2)25(36-3)26(37-4)24(16)17-9-11-21(22(32)14-18(17)20)29-12-6-5-7-19(28)27(33)34/h9,11,13-14,19-20H,5-8,10,12,28H2,1-4H3,(H,29,32)(H,30,31)(H,33,34)/t19-,20+/m0/s1. The first-order valence-corrected chi connectivity index (χ1v) is 12.2. The number of carboxylic acid groups (broad SMARTS) is 1. The van der Waals surface area contributed by atoms with Crippen LogP contribution >= 0.6 is 0 Å². The lowest BCUT2D eigenvalue weighted by atomic mass is 9.95. The van der Waals surface area contributed by atoms with E-state index in [1.54, 1.807) is 26.4 Å². The van der Waals surface area contributed by atoms with Crippen molar-refractivity contribution in [3.8, 4) is 28.4 Å². The number of anilines is 1. The zero-order valence-electron chi connectivity index (χ0n) is 21.7. The summed E-state index contributed by atoms with van der Waals surface area (Å²) >= 11 is 0. The van der Waals surface area contributed by atoms with Crippen molar-refractivity contribution in [3.63, 3.8) is 0 Å². The van der Waals surface area contributed by atoms with E-state index in [0.29, 0.717) is 67.1 Å². The van der Waals surface area contributed by atoms with Crippen LogP contribution in [0.2, 0.25) is 0 Å². The number of benzene rings is 1. The molecule has 0 unspecified atom stereocenters. The summed E-state index contributed by atoms with van der Waals surface area (Å²) in [5.74, 6) is 0.252. The highest BCUT2D eigenvalue weighted by Crippen LogP contribution is 2.50. The Kier molecular flexibility index (Phi) is 9.35. The minimum Gasteiger partial charge on any atom is -0.493 e. The maximum absolute atomic E-state index is 13.2. The van der Waals surface area contributed by atoms with Gasteiger partial charge in [0.15, 0.2) is 11.5 Å². The van der Waals surface area contributed by atoms with E-state index in [9.17, 15) is 14.4 Å². The van der Waals surface area contributed by atoms with E-state index < -0.39 is 12.0 Å². The van der Waals surface area contributed by atoms with Crippen LogP contribution < -0.4 is 36.0 Å². The number of aryl methyl sites for hydroxylation is 1. The first-order chi connectivity index (χ1) is 17.7. The first-order valence-electron chi connectivity index (χ1n) is 12.2. The molecule has 0 fully saturated rings. The number of amides is 1. The third-order valence-electron chi connectivity index (χ3n) is 6.49. The molecule has 0 radical (unpaired) electrons. The largest absolute Gasteiger partial charge is 0.493 e. The van der Waals surface area contributed by atoms with E-state index in [-0.39, 0.29) is 17.4 Å². The van der Waals surface area contributed by atoms with Crippen molar-refractivity contribution >= 4 is 17.6 Å². The molecule has 0 aliphatic heterocycles. The van der Waals surface area contributed by atoms with Gasteiger partial charge in [0.2, 0.25) is 17.1 Å². The summed E-state index contributed by atoms with van der Waals surface area (Å²) in [6.45, 7) is 1.94. The molecule has 0 heterocycles. The predicted molar refractivity (Wildman–Crippen MR) is 141 cm³/mol. The number of hydrogen-bond donors (Lipinski definition) is 4. The number of rotatable bonds is 11. The number of carbonyl (C=O) groups excluding carboxylic acids is 1. The van der Waals surface area contributed by atoms with Gasteiger partial charge in [0.25, 0.3) is 0 Å². The SMILES string of the molecule is COc1cc2c(c(OC)c1OC)-c1ccc(NCCCC[C@H](N)C(=O)O)c(=O)cc1[C@H](NC(C)=O)CC2. The molecular formula is C27H35N3O7. The number of carbonyl (C=O) groups is 2. The maximum atomic E-state index is 13.2. The average molecular weight is 514 g/mol. The van der Waals surface area contributed by atoms with Gasteiger partial charge in [-0.25, -0.2) is 0 Å². The lowest BCUT2D eigenvalue weighted by Gasteiger charge is -2.19. The summed E-state index contributed by atoms with van der Waals surface area (Å²) in [7, 11) is 4.65. The van der Waals surface area contributed by atoms with Crippen molar-refractivity contribution in [1.82, 2.24) is 5.32 Å². The van der Waals surface area contributed by atoms with E-state index in [1.807, 2.05) is 12.1 Å². The molecule has 1 amide bonds. The Morgan fingerprint density at radius 1 is 1.11 bits per heavy atom. The van der Waals surface area contributed by atoms with Gasteiger partial charge < -0.3 is 35.7 Å². The predicted octanol–water partition coefficient (Wildman–Crippen LogP) is 2.86. The highest BCUT2D eigenvalue weighted by Gasteiger charge is 2.29. The molecule has 2 aromatic carbocycles. The molecule has 1 aliphatic rings. The van der Waals surface area contributed by atoms with Gasteiger partial charge in [0, 0.05) is 19.0 Å². The minimum absolute atomic E-state index is 0.194. The summed E-state index contributed by atoms with van der Waals surface area (Å²) in [5, 5.41) is 15.1. The quantitative estimate of drug-likeness (QED) is 0.333. The van der Waals surface area contributed by atoms with Crippen molar-refractivity contribution in [3.05, 3.63) is 45.6 Å². The zero-order valence-corrected chi connectivity index (χ0v) is 21.7. The highest BCUT2D eigenvalue weighted by atomic mass is 16.5. The normalized spacial score (nSPS) is 14.9. The molecule has 2 atom stereocenters. The molecule has 0 saturated heterocycles. The summed E-state index contributed by atoms with van der Waals surface area (Å²) < 4.78 is 16.9. The number of unbranched alkanes of at least 4 members (excludes halogenated alkanes) is 1. The molecule has 0 saturated carbocycles. The van der Waals surface area contributed by atoms with E-state index in [2.05, 4.69) is 10.6 Å². The molecule has 200 valence electrons. The number of nitrogens with two attached hydrogens (primary N) is 1. The maximum Gasteiger partial charge on any atom is 0.320 e. The van der Waals surface area contributed by atoms with Gasteiger partial charge in [-0.05, 0) is 67.0 Å². The highest BCUT2D eigenvalue weighted by molar-refractivity contribution is 5.83. The Balaban J connectivity index is 2.06.